The fraction of sp³-hybridized carbons (Fsp3) is 0.273. The SMILES string of the molecule is CC1C(c2ccc3c(Cl)c(N)ncc3c2)CC1(C)NC(=O)c1ccccc1. The Labute approximate surface area is 163 Å². The van der Waals surface area contributed by atoms with E-state index in [1.54, 1.807) is 6.20 Å². The Morgan fingerprint density at radius 1 is 1.26 bits per heavy atom. The highest BCUT2D eigenvalue weighted by Gasteiger charge is 2.49. The largest absolute Gasteiger partial charge is 0.382 e. The van der Waals surface area contributed by atoms with Gasteiger partial charge in [0.2, 0.25) is 0 Å². The first kappa shape index (κ1) is 17.8. The maximum atomic E-state index is 12.5. The quantitative estimate of drug-likeness (QED) is 0.687. The molecule has 1 aromatic heterocycles. The summed E-state index contributed by atoms with van der Waals surface area (Å²) in [6.45, 7) is 4.31. The van der Waals surface area contributed by atoms with Crippen molar-refractivity contribution < 1.29 is 4.79 Å². The minimum absolute atomic E-state index is 0.0200. The van der Waals surface area contributed by atoms with Gasteiger partial charge in [-0.05, 0) is 48.9 Å². The zero-order valence-corrected chi connectivity index (χ0v) is 16.1. The van der Waals surface area contributed by atoms with Gasteiger partial charge in [-0.2, -0.15) is 0 Å². The normalized spacial score (nSPS) is 24.4. The third-order valence-electron chi connectivity index (χ3n) is 6.00. The molecule has 1 heterocycles. The molecule has 0 saturated heterocycles. The molecule has 1 saturated carbocycles. The number of halogens is 1. The molecule has 0 aliphatic heterocycles. The van der Waals surface area contributed by atoms with E-state index < -0.39 is 0 Å². The predicted molar refractivity (Wildman–Crippen MR) is 110 cm³/mol. The fourth-order valence-electron chi connectivity index (χ4n) is 4.05. The zero-order valence-electron chi connectivity index (χ0n) is 15.4. The van der Waals surface area contributed by atoms with Crippen LogP contribution in [0.5, 0.6) is 0 Å². The summed E-state index contributed by atoms with van der Waals surface area (Å²) < 4.78 is 0. The van der Waals surface area contributed by atoms with Crippen LogP contribution in [-0.2, 0) is 0 Å². The van der Waals surface area contributed by atoms with Gasteiger partial charge in [0.25, 0.3) is 5.91 Å². The molecule has 4 nitrogen and oxygen atoms in total. The van der Waals surface area contributed by atoms with Crippen molar-refractivity contribution in [2.45, 2.75) is 31.7 Å². The van der Waals surface area contributed by atoms with E-state index in [1.807, 2.05) is 36.4 Å². The molecule has 0 bridgehead atoms. The van der Waals surface area contributed by atoms with Crippen molar-refractivity contribution >= 4 is 34.1 Å². The molecule has 0 radical (unpaired) electrons. The second-order valence-electron chi connectivity index (χ2n) is 7.64. The summed E-state index contributed by atoms with van der Waals surface area (Å²) in [5.74, 6) is 1.03. The Morgan fingerprint density at radius 3 is 2.70 bits per heavy atom. The molecule has 1 amide bonds. The average molecular weight is 380 g/mol. The Morgan fingerprint density at radius 2 is 2.00 bits per heavy atom. The molecule has 3 N–H and O–H groups in total. The first-order valence-corrected chi connectivity index (χ1v) is 9.48. The Bertz CT molecular complexity index is 1020. The van der Waals surface area contributed by atoms with Gasteiger partial charge in [-0.15, -0.1) is 0 Å². The van der Waals surface area contributed by atoms with E-state index in [2.05, 4.69) is 36.3 Å². The zero-order chi connectivity index (χ0) is 19.2. The highest BCUT2D eigenvalue weighted by molar-refractivity contribution is 6.37. The second-order valence-corrected chi connectivity index (χ2v) is 8.02. The summed E-state index contributed by atoms with van der Waals surface area (Å²) in [6, 6.07) is 15.6. The van der Waals surface area contributed by atoms with Crippen LogP contribution in [-0.4, -0.2) is 16.4 Å². The summed E-state index contributed by atoms with van der Waals surface area (Å²) in [5.41, 5.74) is 7.50. The number of pyridine rings is 1. The number of nitrogens with zero attached hydrogens (tertiary/aromatic N) is 1. The van der Waals surface area contributed by atoms with Gasteiger partial charge < -0.3 is 11.1 Å². The van der Waals surface area contributed by atoms with E-state index in [0.717, 1.165) is 17.2 Å². The van der Waals surface area contributed by atoms with Gasteiger partial charge in [-0.1, -0.05) is 48.9 Å². The third-order valence-corrected chi connectivity index (χ3v) is 6.39. The van der Waals surface area contributed by atoms with E-state index >= 15 is 0 Å². The lowest BCUT2D eigenvalue weighted by Gasteiger charge is -2.52. The number of benzene rings is 2. The van der Waals surface area contributed by atoms with Crippen molar-refractivity contribution in [3.8, 4) is 0 Å². The molecule has 4 rings (SSSR count). The van der Waals surface area contributed by atoms with Gasteiger partial charge in [0.1, 0.15) is 5.82 Å². The maximum Gasteiger partial charge on any atom is 0.251 e. The lowest BCUT2D eigenvalue weighted by atomic mass is 9.58. The molecule has 3 aromatic rings. The van der Waals surface area contributed by atoms with Crippen LogP contribution in [0.25, 0.3) is 10.8 Å². The number of nitrogens with one attached hydrogen (secondary N) is 1. The average Bonchev–Trinajstić information content (AvgIpc) is 2.69. The van der Waals surface area contributed by atoms with Crippen molar-refractivity contribution in [2.24, 2.45) is 5.92 Å². The minimum atomic E-state index is -0.219. The molecule has 3 unspecified atom stereocenters. The van der Waals surface area contributed by atoms with Crippen LogP contribution in [0.15, 0.2) is 54.7 Å². The van der Waals surface area contributed by atoms with Crippen molar-refractivity contribution in [3.63, 3.8) is 0 Å². The molecule has 138 valence electrons. The number of fused-ring (bicyclic) bond motifs is 1. The van der Waals surface area contributed by atoms with Gasteiger partial charge >= 0.3 is 0 Å². The number of nitrogen functional groups attached to an aromatic ring is 1. The highest BCUT2D eigenvalue weighted by atomic mass is 35.5. The Kier molecular flexibility index (Phi) is 4.31. The van der Waals surface area contributed by atoms with E-state index in [9.17, 15) is 4.79 Å². The maximum absolute atomic E-state index is 12.5. The van der Waals surface area contributed by atoms with Crippen molar-refractivity contribution in [1.82, 2.24) is 10.3 Å². The molecule has 0 spiro atoms. The van der Waals surface area contributed by atoms with Gasteiger partial charge in [-0.25, -0.2) is 4.98 Å². The summed E-state index contributed by atoms with van der Waals surface area (Å²) in [5, 5.41) is 5.63. The minimum Gasteiger partial charge on any atom is -0.382 e. The molecule has 27 heavy (non-hydrogen) atoms. The number of carbonyl (C=O) groups excluding carboxylic acids is 1. The van der Waals surface area contributed by atoms with Crippen LogP contribution in [0, 0.1) is 5.92 Å². The van der Waals surface area contributed by atoms with Gasteiger partial charge in [0.15, 0.2) is 0 Å². The number of anilines is 1. The van der Waals surface area contributed by atoms with Crippen molar-refractivity contribution in [3.05, 3.63) is 70.9 Å². The summed E-state index contributed by atoms with van der Waals surface area (Å²) in [6.07, 6.45) is 2.66. The molecule has 1 aliphatic carbocycles. The number of nitrogens with two attached hydrogens (primary N) is 1. The molecular formula is C22H22ClN3O. The number of amides is 1. The lowest BCUT2D eigenvalue weighted by Crippen LogP contribution is -2.60. The second kappa shape index (κ2) is 6.54. The van der Waals surface area contributed by atoms with Crippen LogP contribution < -0.4 is 11.1 Å². The van der Waals surface area contributed by atoms with E-state index in [-0.39, 0.29) is 11.4 Å². The van der Waals surface area contributed by atoms with Crippen LogP contribution in [0.3, 0.4) is 0 Å². The van der Waals surface area contributed by atoms with Crippen LogP contribution in [0.1, 0.15) is 42.1 Å². The first-order chi connectivity index (χ1) is 12.9. The predicted octanol–water partition coefficient (Wildman–Crippen LogP) is 4.78. The monoisotopic (exact) mass is 379 g/mol. The number of rotatable bonds is 3. The summed E-state index contributed by atoms with van der Waals surface area (Å²) >= 11 is 6.26. The van der Waals surface area contributed by atoms with E-state index in [0.29, 0.717) is 28.2 Å². The Balaban J connectivity index is 1.53. The van der Waals surface area contributed by atoms with Crippen molar-refractivity contribution in [1.29, 1.82) is 0 Å². The van der Waals surface area contributed by atoms with Gasteiger partial charge in [0, 0.05) is 28.1 Å². The molecule has 1 fully saturated rings. The third kappa shape index (κ3) is 3.04. The van der Waals surface area contributed by atoms with E-state index in [1.165, 1.54) is 5.56 Å². The van der Waals surface area contributed by atoms with Crippen LogP contribution >= 0.6 is 11.6 Å². The van der Waals surface area contributed by atoms with Crippen LogP contribution in [0.4, 0.5) is 5.82 Å². The number of aromatic nitrogens is 1. The molecule has 5 heteroatoms. The topological polar surface area (TPSA) is 68.0 Å². The molecular weight excluding hydrogens is 358 g/mol. The number of hydrogen-bond acceptors (Lipinski definition) is 3. The van der Waals surface area contributed by atoms with E-state index in [4.69, 9.17) is 17.3 Å². The summed E-state index contributed by atoms with van der Waals surface area (Å²) in [4.78, 5) is 16.7. The lowest BCUT2D eigenvalue weighted by molar-refractivity contribution is 0.0602. The molecule has 3 atom stereocenters. The smallest absolute Gasteiger partial charge is 0.251 e. The van der Waals surface area contributed by atoms with Crippen LogP contribution in [0.2, 0.25) is 5.02 Å². The molecule has 1 aliphatic rings. The number of hydrogen-bond donors (Lipinski definition) is 2. The molecule has 2 aromatic carbocycles. The highest BCUT2D eigenvalue weighted by Crippen LogP contribution is 2.50. The number of carbonyl (C=O) groups is 1. The van der Waals surface area contributed by atoms with Gasteiger partial charge in [-0.3, -0.25) is 4.79 Å². The Hall–Kier alpha value is -2.59. The summed E-state index contributed by atoms with van der Waals surface area (Å²) in [7, 11) is 0. The van der Waals surface area contributed by atoms with Gasteiger partial charge in [0.05, 0.1) is 5.02 Å². The van der Waals surface area contributed by atoms with Crippen molar-refractivity contribution in [2.75, 3.05) is 5.73 Å². The first-order valence-electron chi connectivity index (χ1n) is 9.10. The standard InChI is InChI=1S/C22H22ClN3O/c1-13-18(11-22(13,2)26-21(27)14-6-4-3-5-7-14)15-8-9-17-16(10-15)12-25-20(24)19(17)23/h3-10,12-13,18H,11H2,1-2H3,(H2,24,25)(H,26,27). The fourth-order valence-corrected chi connectivity index (χ4v) is 4.27.